The predicted octanol–water partition coefficient (Wildman–Crippen LogP) is 1.99. The van der Waals surface area contributed by atoms with Crippen LogP contribution in [0.25, 0.3) is 0 Å². The lowest BCUT2D eigenvalue weighted by atomic mass is 10.2. The second kappa shape index (κ2) is 6.00. The van der Waals surface area contributed by atoms with Crippen LogP contribution in [-0.4, -0.2) is 11.1 Å². The monoisotopic (exact) mass is 212 g/mol. The van der Waals surface area contributed by atoms with Gasteiger partial charge < -0.3 is 10.8 Å². The summed E-state index contributed by atoms with van der Waals surface area (Å²) in [6.07, 6.45) is 0.222. The Hall–Kier alpha value is -1.54. The number of aryl methyl sites for hydroxylation is 1. The van der Waals surface area contributed by atoms with E-state index >= 15 is 0 Å². The summed E-state index contributed by atoms with van der Waals surface area (Å²) in [6, 6.07) is 2.03. The molecular formula is C9H12N2O2S. The molecule has 1 aromatic heterocycles. The van der Waals surface area contributed by atoms with Crippen LogP contribution in [0.2, 0.25) is 0 Å². The highest BCUT2D eigenvalue weighted by Crippen LogP contribution is 2.22. The number of nitrogens with zero attached hydrogens (tertiary/aromatic N) is 1. The molecule has 14 heavy (non-hydrogen) atoms. The van der Waals surface area contributed by atoms with Gasteiger partial charge in [-0.15, -0.1) is 11.3 Å². The topological polar surface area (TPSA) is 87.1 Å². The summed E-state index contributed by atoms with van der Waals surface area (Å²) in [4.78, 5) is 9.37. The molecule has 0 aliphatic rings. The Labute approximate surface area is 86.6 Å². The summed E-state index contributed by atoms with van der Waals surface area (Å²) in [5.41, 5.74) is 7.05. The normalized spacial score (nSPS) is 8.36. The van der Waals surface area contributed by atoms with Crippen molar-refractivity contribution in [2.45, 2.75) is 20.3 Å². The van der Waals surface area contributed by atoms with Crippen LogP contribution in [-0.2, 0) is 4.79 Å². The van der Waals surface area contributed by atoms with Gasteiger partial charge >= 0.3 is 5.97 Å². The molecule has 0 spiro atoms. The van der Waals surface area contributed by atoms with Crippen molar-refractivity contribution < 1.29 is 9.90 Å². The third-order valence-corrected chi connectivity index (χ3v) is 2.35. The van der Waals surface area contributed by atoms with Crippen LogP contribution in [0, 0.1) is 18.3 Å². The molecule has 0 aromatic carbocycles. The van der Waals surface area contributed by atoms with Gasteiger partial charge in [-0.25, -0.2) is 0 Å². The van der Waals surface area contributed by atoms with Gasteiger partial charge in [0.15, 0.2) is 0 Å². The minimum Gasteiger partial charge on any atom is -0.481 e. The molecule has 0 amide bonds. The average Bonchev–Trinajstić information content (AvgIpc) is 2.47. The van der Waals surface area contributed by atoms with Gasteiger partial charge in [-0.05, 0) is 17.9 Å². The number of nitriles is 1. The number of carboxylic acid groups (broad SMARTS) is 1. The fourth-order valence-corrected chi connectivity index (χ4v) is 1.35. The van der Waals surface area contributed by atoms with Crippen molar-refractivity contribution in [1.29, 1.82) is 5.26 Å². The number of nitrogen functional groups attached to an aromatic ring is 1. The molecule has 4 nitrogen and oxygen atoms in total. The first kappa shape index (κ1) is 12.5. The first-order valence-corrected chi connectivity index (χ1v) is 4.86. The number of carbonyl (C=O) groups is 1. The van der Waals surface area contributed by atoms with E-state index in [1.165, 1.54) is 11.3 Å². The summed E-state index contributed by atoms with van der Waals surface area (Å²) in [5.74, 6) is -0.745. The van der Waals surface area contributed by atoms with E-state index in [0.717, 1.165) is 5.56 Å². The molecule has 0 unspecified atom stereocenters. The quantitative estimate of drug-likeness (QED) is 0.745. The van der Waals surface area contributed by atoms with E-state index in [0.29, 0.717) is 10.6 Å². The molecule has 0 saturated heterocycles. The Morgan fingerprint density at radius 1 is 1.79 bits per heavy atom. The van der Waals surface area contributed by atoms with Crippen molar-refractivity contribution >= 4 is 22.3 Å². The molecular weight excluding hydrogens is 200 g/mol. The van der Waals surface area contributed by atoms with Gasteiger partial charge in [0.25, 0.3) is 0 Å². The Bertz CT molecular complexity index is 333. The van der Waals surface area contributed by atoms with Crippen molar-refractivity contribution in [3.8, 4) is 6.07 Å². The highest BCUT2D eigenvalue weighted by molar-refractivity contribution is 7.14. The minimum absolute atomic E-state index is 0.222. The maximum atomic E-state index is 9.37. The molecule has 0 radical (unpaired) electrons. The molecule has 1 heterocycles. The van der Waals surface area contributed by atoms with Gasteiger partial charge in [0.2, 0.25) is 0 Å². The van der Waals surface area contributed by atoms with Crippen LogP contribution in [0.3, 0.4) is 0 Å². The van der Waals surface area contributed by atoms with Crippen LogP contribution in [0.4, 0.5) is 5.00 Å². The smallest absolute Gasteiger partial charge is 0.303 e. The lowest BCUT2D eigenvalue weighted by Gasteiger charge is -1.83. The molecule has 1 aromatic rings. The fraction of sp³-hybridized carbons (Fsp3) is 0.333. The number of rotatable bonds is 1. The van der Waals surface area contributed by atoms with E-state index in [1.54, 1.807) is 6.92 Å². The zero-order chi connectivity index (χ0) is 11.1. The largest absolute Gasteiger partial charge is 0.481 e. The molecule has 0 aliphatic carbocycles. The lowest BCUT2D eigenvalue weighted by molar-refractivity contribution is -0.136. The van der Waals surface area contributed by atoms with Crippen molar-refractivity contribution in [3.05, 3.63) is 16.5 Å². The van der Waals surface area contributed by atoms with Crippen LogP contribution >= 0.6 is 11.3 Å². The number of thiophene rings is 1. The number of aliphatic carboxylic acids is 1. The lowest BCUT2D eigenvalue weighted by Crippen LogP contribution is -1.86. The molecule has 0 aliphatic heterocycles. The molecule has 0 saturated carbocycles. The van der Waals surface area contributed by atoms with E-state index in [1.807, 2.05) is 18.4 Å². The van der Waals surface area contributed by atoms with Crippen molar-refractivity contribution in [2.24, 2.45) is 0 Å². The number of hydrogen-bond acceptors (Lipinski definition) is 4. The summed E-state index contributed by atoms with van der Waals surface area (Å²) in [7, 11) is 0. The highest BCUT2D eigenvalue weighted by atomic mass is 32.1. The second-order valence-corrected chi connectivity index (χ2v) is 3.43. The number of carboxylic acids is 1. The summed E-state index contributed by atoms with van der Waals surface area (Å²) < 4.78 is 0. The van der Waals surface area contributed by atoms with Gasteiger partial charge in [0.05, 0.1) is 5.56 Å². The van der Waals surface area contributed by atoms with Crippen LogP contribution in [0.1, 0.15) is 24.5 Å². The van der Waals surface area contributed by atoms with E-state index in [4.69, 9.17) is 16.1 Å². The molecule has 1 rings (SSSR count). The van der Waals surface area contributed by atoms with E-state index in [-0.39, 0.29) is 6.42 Å². The first-order chi connectivity index (χ1) is 6.52. The molecule has 0 fully saturated rings. The minimum atomic E-state index is -0.745. The zero-order valence-electron chi connectivity index (χ0n) is 8.07. The summed E-state index contributed by atoms with van der Waals surface area (Å²) in [5, 5.41) is 18.7. The van der Waals surface area contributed by atoms with Crippen molar-refractivity contribution in [1.82, 2.24) is 0 Å². The van der Waals surface area contributed by atoms with Gasteiger partial charge in [-0.1, -0.05) is 6.92 Å². The van der Waals surface area contributed by atoms with E-state index in [9.17, 15) is 4.79 Å². The van der Waals surface area contributed by atoms with Crippen LogP contribution in [0.15, 0.2) is 5.38 Å². The first-order valence-electron chi connectivity index (χ1n) is 3.98. The standard InChI is InChI=1S/C6H6N2S.C3H6O2/c1-4-3-9-6(8)5(4)2-7;1-2-3(4)5/h3H,8H2,1H3;2H2,1H3,(H,4,5). The van der Waals surface area contributed by atoms with E-state index < -0.39 is 5.97 Å². The Balaban J connectivity index is 0.000000292. The number of hydrogen-bond donors (Lipinski definition) is 2. The summed E-state index contributed by atoms with van der Waals surface area (Å²) in [6.45, 7) is 3.48. The summed E-state index contributed by atoms with van der Waals surface area (Å²) >= 11 is 1.41. The Kier molecular flexibility index (Phi) is 5.34. The van der Waals surface area contributed by atoms with Gasteiger partial charge in [-0.2, -0.15) is 5.26 Å². The van der Waals surface area contributed by atoms with Gasteiger partial charge in [0.1, 0.15) is 11.1 Å². The Morgan fingerprint density at radius 3 is 2.43 bits per heavy atom. The van der Waals surface area contributed by atoms with E-state index in [2.05, 4.69) is 0 Å². The van der Waals surface area contributed by atoms with Crippen molar-refractivity contribution in [3.63, 3.8) is 0 Å². The number of nitrogens with two attached hydrogens (primary N) is 1. The van der Waals surface area contributed by atoms with Crippen LogP contribution < -0.4 is 5.73 Å². The third kappa shape index (κ3) is 3.92. The molecule has 76 valence electrons. The second-order valence-electron chi connectivity index (χ2n) is 2.52. The molecule has 3 N–H and O–H groups in total. The molecule has 0 bridgehead atoms. The number of anilines is 1. The van der Waals surface area contributed by atoms with Crippen molar-refractivity contribution in [2.75, 3.05) is 5.73 Å². The maximum absolute atomic E-state index is 9.37. The van der Waals surface area contributed by atoms with Crippen LogP contribution in [0.5, 0.6) is 0 Å². The predicted molar refractivity (Wildman–Crippen MR) is 56.1 cm³/mol. The maximum Gasteiger partial charge on any atom is 0.303 e. The fourth-order valence-electron chi connectivity index (χ4n) is 0.607. The third-order valence-electron chi connectivity index (χ3n) is 1.42. The van der Waals surface area contributed by atoms with Gasteiger partial charge in [-0.3, -0.25) is 4.79 Å². The Morgan fingerprint density at radius 2 is 2.29 bits per heavy atom. The van der Waals surface area contributed by atoms with Gasteiger partial charge in [0, 0.05) is 6.42 Å². The molecule has 5 heteroatoms. The SMILES string of the molecule is CCC(=O)O.Cc1csc(N)c1C#N. The zero-order valence-corrected chi connectivity index (χ0v) is 8.89. The average molecular weight is 212 g/mol. The molecule has 0 atom stereocenters. The highest BCUT2D eigenvalue weighted by Gasteiger charge is 2.02.